The van der Waals surface area contributed by atoms with E-state index in [0.29, 0.717) is 27.5 Å². The number of hydrogen-bond donors (Lipinski definition) is 1. The Morgan fingerprint density at radius 3 is 2.65 bits per heavy atom. The average molecular weight is 612 g/mol. The number of nitrogens with one attached hydrogen (secondary N) is 1. The van der Waals surface area contributed by atoms with Crippen LogP contribution >= 0.6 is 11.3 Å². The van der Waals surface area contributed by atoms with E-state index in [0.717, 1.165) is 24.6 Å². The molecule has 6 rings (SSSR count). The summed E-state index contributed by atoms with van der Waals surface area (Å²) in [5.74, 6) is -0.591. The van der Waals surface area contributed by atoms with Crippen molar-refractivity contribution in [3.05, 3.63) is 82.5 Å². The van der Waals surface area contributed by atoms with E-state index in [4.69, 9.17) is 0 Å². The molecule has 0 aliphatic carbocycles. The molecular weight excluding hydrogens is 582 g/mol. The summed E-state index contributed by atoms with van der Waals surface area (Å²) in [6.45, 7) is 2.67. The standard InChI is InChI=1S/C30H29F4N7OS/c1-17-21(19-6-4-18(5-7-19)8-10-39(2)3)13-23(30(32,33)34)22-15-41(38-25(17)22)27(28(42)37-29-35-9-11-43-29)26-24-12-20(31)14-40(24)16-36-26/h4-7,9,11,13,15-16,20,27H,8,10,12,14H2,1-3H3,(H,35,37,42)/t20-,27-/m1/s1. The van der Waals surface area contributed by atoms with Crippen LogP contribution in [0.4, 0.5) is 22.7 Å². The topological polar surface area (TPSA) is 80.9 Å². The molecule has 5 aromatic rings. The first kappa shape index (κ1) is 29.0. The Morgan fingerprint density at radius 2 is 1.98 bits per heavy atom. The molecule has 43 heavy (non-hydrogen) atoms. The number of aryl methyl sites for hydroxylation is 1. The van der Waals surface area contributed by atoms with E-state index >= 15 is 0 Å². The summed E-state index contributed by atoms with van der Waals surface area (Å²) in [6.07, 6.45) is -0.770. The number of thiazole rings is 1. The number of benzene rings is 2. The van der Waals surface area contributed by atoms with Crippen LogP contribution in [0.1, 0.15) is 34.1 Å². The van der Waals surface area contributed by atoms with Crippen molar-refractivity contribution in [2.24, 2.45) is 0 Å². The number of likely N-dealkylation sites (N-methyl/N-ethyl adjacent to an activating group) is 1. The van der Waals surface area contributed by atoms with E-state index in [1.165, 1.54) is 34.7 Å². The Labute approximate surface area is 249 Å². The highest BCUT2D eigenvalue weighted by Gasteiger charge is 2.38. The van der Waals surface area contributed by atoms with Crippen LogP contribution in [0.3, 0.4) is 0 Å². The first-order valence-corrected chi connectivity index (χ1v) is 14.6. The van der Waals surface area contributed by atoms with Crippen molar-refractivity contribution in [2.75, 3.05) is 26.0 Å². The second-order valence-electron chi connectivity index (χ2n) is 11.0. The van der Waals surface area contributed by atoms with E-state index in [1.54, 1.807) is 16.9 Å². The first-order chi connectivity index (χ1) is 20.5. The van der Waals surface area contributed by atoms with Gasteiger partial charge in [0.1, 0.15) is 6.17 Å². The molecule has 3 aromatic heterocycles. The zero-order valence-electron chi connectivity index (χ0n) is 23.7. The molecule has 1 aliphatic heterocycles. The Morgan fingerprint density at radius 1 is 1.21 bits per heavy atom. The number of fused-ring (bicyclic) bond motifs is 2. The second-order valence-corrected chi connectivity index (χ2v) is 11.9. The second kappa shape index (κ2) is 11.2. The highest BCUT2D eigenvalue weighted by Crippen LogP contribution is 2.41. The van der Waals surface area contributed by atoms with Gasteiger partial charge in [-0.1, -0.05) is 24.3 Å². The lowest BCUT2D eigenvalue weighted by Gasteiger charge is -2.16. The van der Waals surface area contributed by atoms with E-state index < -0.39 is 29.9 Å². The number of carbonyl (C=O) groups is 1. The van der Waals surface area contributed by atoms with Gasteiger partial charge in [0.25, 0.3) is 5.91 Å². The number of carbonyl (C=O) groups excluding carboxylic acids is 1. The lowest BCUT2D eigenvalue weighted by Crippen LogP contribution is -2.28. The van der Waals surface area contributed by atoms with E-state index in [-0.39, 0.29) is 29.6 Å². The number of alkyl halides is 4. The molecule has 2 atom stereocenters. The van der Waals surface area contributed by atoms with Gasteiger partial charge in [0.15, 0.2) is 11.2 Å². The van der Waals surface area contributed by atoms with Crippen molar-refractivity contribution in [3.8, 4) is 11.1 Å². The van der Waals surface area contributed by atoms with E-state index in [2.05, 4.69) is 25.3 Å². The van der Waals surface area contributed by atoms with Crippen LogP contribution in [-0.4, -0.2) is 61.9 Å². The normalized spacial score (nSPS) is 15.8. The van der Waals surface area contributed by atoms with Crippen molar-refractivity contribution >= 4 is 33.3 Å². The number of aromatic nitrogens is 5. The van der Waals surface area contributed by atoms with Crippen LogP contribution in [0.25, 0.3) is 22.0 Å². The lowest BCUT2D eigenvalue weighted by atomic mass is 9.94. The molecule has 1 aliphatic rings. The monoisotopic (exact) mass is 611 g/mol. The molecule has 13 heteroatoms. The van der Waals surface area contributed by atoms with Gasteiger partial charge < -0.3 is 9.47 Å². The SMILES string of the molecule is Cc1c(-c2ccc(CCN(C)C)cc2)cc(C(F)(F)F)c2cn([C@@H](C(=O)Nc3nccs3)c3ncn4c3C[C@@H](F)C4)nc12. The summed E-state index contributed by atoms with van der Waals surface area (Å²) in [7, 11) is 3.96. The number of nitrogens with zero attached hydrogens (tertiary/aromatic N) is 6. The van der Waals surface area contributed by atoms with Crippen LogP contribution in [0.2, 0.25) is 0 Å². The van der Waals surface area contributed by atoms with Gasteiger partial charge in [0.05, 0.1) is 29.6 Å². The first-order valence-electron chi connectivity index (χ1n) is 13.7. The molecule has 0 spiro atoms. The maximum atomic E-state index is 14.5. The summed E-state index contributed by atoms with van der Waals surface area (Å²) >= 11 is 1.20. The smallest absolute Gasteiger partial charge is 0.331 e. The van der Waals surface area contributed by atoms with Gasteiger partial charge in [0, 0.05) is 41.8 Å². The van der Waals surface area contributed by atoms with Crippen LogP contribution in [0, 0.1) is 6.92 Å². The third-order valence-corrected chi connectivity index (χ3v) is 8.40. The van der Waals surface area contributed by atoms with Crippen molar-refractivity contribution in [3.63, 3.8) is 0 Å². The van der Waals surface area contributed by atoms with Gasteiger partial charge >= 0.3 is 6.18 Å². The number of imidazole rings is 1. The Kier molecular flexibility index (Phi) is 7.55. The zero-order chi connectivity index (χ0) is 30.5. The molecule has 8 nitrogen and oxygen atoms in total. The maximum Gasteiger partial charge on any atom is 0.417 e. The Bertz CT molecular complexity index is 1770. The van der Waals surface area contributed by atoms with Crippen molar-refractivity contribution in [1.29, 1.82) is 0 Å². The minimum absolute atomic E-state index is 0.0403. The molecular formula is C30H29F4N7OS. The Hall–Kier alpha value is -4.10. The lowest BCUT2D eigenvalue weighted by molar-refractivity contribution is -0.136. The fourth-order valence-electron chi connectivity index (χ4n) is 5.54. The quantitative estimate of drug-likeness (QED) is 0.221. The predicted octanol–water partition coefficient (Wildman–Crippen LogP) is 5.91. The highest BCUT2D eigenvalue weighted by atomic mass is 32.1. The molecule has 0 unspecified atom stereocenters. The van der Waals surface area contributed by atoms with Crippen LogP contribution < -0.4 is 5.32 Å². The zero-order valence-corrected chi connectivity index (χ0v) is 24.5. The van der Waals surface area contributed by atoms with Gasteiger partial charge in [0.2, 0.25) is 0 Å². The highest BCUT2D eigenvalue weighted by molar-refractivity contribution is 7.13. The summed E-state index contributed by atoms with van der Waals surface area (Å²) in [5, 5.41) is 9.16. The van der Waals surface area contributed by atoms with Gasteiger partial charge in [-0.05, 0) is 55.8 Å². The number of hydrogen-bond acceptors (Lipinski definition) is 6. The molecule has 4 heterocycles. The third-order valence-electron chi connectivity index (χ3n) is 7.71. The molecule has 224 valence electrons. The van der Waals surface area contributed by atoms with Crippen molar-refractivity contribution in [2.45, 2.75) is 44.7 Å². The summed E-state index contributed by atoms with van der Waals surface area (Å²) in [4.78, 5) is 24.2. The summed E-state index contributed by atoms with van der Waals surface area (Å²) in [5.41, 5.74) is 2.66. The summed E-state index contributed by atoms with van der Waals surface area (Å²) < 4.78 is 60.7. The predicted molar refractivity (Wildman–Crippen MR) is 157 cm³/mol. The number of rotatable bonds is 8. The van der Waals surface area contributed by atoms with E-state index in [9.17, 15) is 22.4 Å². The molecule has 0 bridgehead atoms. The number of anilines is 1. The fourth-order valence-corrected chi connectivity index (χ4v) is 6.07. The maximum absolute atomic E-state index is 14.5. The minimum Gasteiger partial charge on any atom is -0.331 e. The van der Waals surface area contributed by atoms with Crippen LogP contribution in [0.15, 0.2) is 54.4 Å². The molecule has 1 N–H and O–H groups in total. The fraction of sp³-hybridized carbons (Fsp3) is 0.333. The van der Waals surface area contributed by atoms with Gasteiger partial charge in [-0.15, -0.1) is 11.3 Å². The summed E-state index contributed by atoms with van der Waals surface area (Å²) in [6, 6.07) is 7.38. The minimum atomic E-state index is -4.68. The number of halogens is 4. The third kappa shape index (κ3) is 5.66. The molecule has 0 saturated carbocycles. The molecule has 0 saturated heterocycles. The van der Waals surface area contributed by atoms with E-state index in [1.807, 2.05) is 38.4 Å². The van der Waals surface area contributed by atoms with Crippen molar-refractivity contribution < 1.29 is 22.4 Å². The van der Waals surface area contributed by atoms with Gasteiger partial charge in [-0.2, -0.15) is 18.3 Å². The number of amides is 1. The van der Waals surface area contributed by atoms with Gasteiger partial charge in [-0.25, -0.2) is 14.4 Å². The van der Waals surface area contributed by atoms with Crippen molar-refractivity contribution in [1.82, 2.24) is 29.2 Å². The molecule has 0 radical (unpaired) electrons. The van der Waals surface area contributed by atoms with Crippen LogP contribution in [0.5, 0.6) is 0 Å². The average Bonchev–Trinajstić information content (AvgIpc) is 3.74. The molecule has 0 fully saturated rings. The Balaban J connectivity index is 1.48. The largest absolute Gasteiger partial charge is 0.417 e. The van der Waals surface area contributed by atoms with Gasteiger partial charge in [-0.3, -0.25) is 14.8 Å². The van der Waals surface area contributed by atoms with Crippen LogP contribution in [-0.2, 0) is 30.4 Å². The molecule has 1 amide bonds. The molecule has 2 aromatic carbocycles.